The summed E-state index contributed by atoms with van der Waals surface area (Å²) >= 11 is 0. The molecule has 1 atom stereocenters. The fourth-order valence-corrected chi connectivity index (χ4v) is 1.23. The van der Waals surface area contributed by atoms with Gasteiger partial charge in [0.05, 0.1) is 7.11 Å². The molecule has 0 spiro atoms. The number of carbonyl (C=O) groups is 1. The number of ether oxygens (including phenoxy) is 1. The maximum atomic E-state index is 11.7. The molecule has 0 heterocycles. The lowest BCUT2D eigenvalue weighted by molar-refractivity contribution is 0.0927. The minimum Gasteiger partial charge on any atom is -0.497 e. The minimum atomic E-state index is 0.100. The van der Waals surface area contributed by atoms with Crippen molar-refractivity contribution < 1.29 is 9.53 Å². The monoisotopic (exact) mass is 192 g/mol. The number of rotatable bonds is 4. The average Bonchev–Trinajstić information content (AvgIpc) is 2.27. The molecule has 1 rings (SSSR count). The number of benzene rings is 1. The zero-order valence-corrected chi connectivity index (χ0v) is 8.91. The summed E-state index contributed by atoms with van der Waals surface area (Å²) in [6.07, 6.45) is 0.880. The number of methoxy groups -OCH3 is 1. The Bertz CT molecular complexity index is 301. The fourth-order valence-electron chi connectivity index (χ4n) is 1.23. The zero-order valence-electron chi connectivity index (χ0n) is 8.91. The molecule has 0 aliphatic heterocycles. The molecule has 0 bridgehead atoms. The van der Waals surface area contributed by atoms with E-state index in [1.54, 1.807) is 7.11 Å². The molecule has 0 fully saturated rings. The summed E-state index contributed by atoms with van der Waals surface area (Å²) in [4.78, 5) is 11.7. The van der Waals surface area contributed by atoms with E-state index in [1.165, 1.54) is 0 Å². The summed E-state index contributed by atoms with van der Waals surface area (Å²) < 4.78 is 5.02. The SMILES string of the molecule is CC[C@H](C)C(=O)c1ccc(OC)cc1. The van der Waals surface area contributed by atoms with E-state index in [9.17, 15) is 4.79 Å². The van der Waals surface area contributed by atoms with Gasteiger partial charge in [0.2, 0.25) is 0 Å². The molecule has 0 radical (unpaired) electrons. The highest BCUT2D eigenvalue weighted by Gasteiger charge is 2.12. The molecule has 0 saturated carbocycles. The summed E-state index contributed by atoms with van der Waals surface area (Å²) in [6, 6.07) is 7.26. The molecular formula is C12H16O2. The second-order valence-electron chi connectivity index (χ2n) is 3.40. The Morgan fingerprint density at radius 3 is 2.36 bits per heavy atom. The van der Waals surface area contributed by atoms with Gasteiger partial charge < -0.3 is 4.74 Å². The molecule has 0 unspecified atom stereocenters. The van der Waals surface area contributed by atoms with Crippen molar-refractivity contribution in [1.82, 2.24) is 0 Å². The van der Waals surface area contributed by atoms with Crippen molar-refractivity contribution in [2.75, 3.05) is 7.11 Å². The predicted octanol–water partition coefficient (Wildman–Crippen LogP) is 2.92. The molecule has 76 valence electrons. The van der Waals surface area contributed by atoms with E-state index in [2.05, 4.69) is 0 Å². The molecule has 0 saturated heterocycles. The van der Waals surface area contributed by atoms with Gasteiger partial charge in [-0.05, 0) is 30.7 Å². The van der Waals surface area contributed by atoms with Gasteiger partial charge in [-0.2, -0.15) is 0 Å². The Morgan fingerprint density at radius 1 is 1.36 bits per heavy atom. The van der Waals surface area contributed by atoms with Crippen LogP contribution in [0, 0.1) is 5.92 Å². The van der Waals surface area contributed by atoms with Crippen molar-refractivity contribution in [2.24, 2.45) is 5.92 Å². The number of ketones is 1. The number of carbonyl (C=O) groups excluding carboxylic acids is 1. The Balaban J connectivity index is 2.81. The van der Waals surface area contributed by atoms with Crippen LogP contribution in [0.3, 0.4) is 0 Å². The van der Waals surface area contributed by atoms with Crippen molar-refractivity contribution >= 4 is 5.78 Å². The van der Waals surface area contributed by atoms with Crippen molar-refractivity contribution in [3.05, 3.63) is 29.8 Å². The van der Waals surface area contributed by atoms with Crippen LogP contribution in [0.1, 0.15) is 30.6 Å². The smallest absolute Gasteiger partial charge is 0.165 e. The van der Waals surface area contributed by atoms with Crippen LogP contribution in [-0.4, -0.2) is 12.9 Å². The highest BCUT2D eigenvalue weighted by atomic mass is 16.5. The molecule has 2 nitrogen and oxygen atoms in total. The topological polar surface area (TPSA) is 26.3 Å². The van der Waals surface area contributed by atoms with Crippen molar-refractivity contribution in [3.63, 3.8) is 0 Å². The molecule has 1 aromatic carbocycles. The Morgan fingerprint density at radius 2 is 1.93 bits per heavy atom. The van der Waals surface area contributed by atoms with Crippen LogP contribution in [0.4, 0.5) is 0 Å². The van der Waals surface area contributed by atoms with Gasteiger partial charge in [0.25, 0.3) is 0 Å². The van der Waals surface area contributed by atoms with E-state index in [-0.39, 0.29) is 11.7 Å². The van der Waals surface area contributed by atoms with Crippen LogP contribution < -0.4 is 4.74 Å². The summed E-state index contributed by atoms with van der Waals surface area (Å²) in [7, 11) is 1.62. The standard InChI is InChI=1S/C12H16O2/c1-4-9(2)12(13)10-5-7-11(14-3)8-6-10/h5-9H,4H2,1-3H3/t9-/m0/s1. The van der Waals surface area contributed by atoms with E-state index in [0.29, 0.717) is 0 Å². The van der Waals surface area contributed by atoms with Gasteiger partial charge in [-0.3, -0.25) is 4.79 Å². The van der Waals surface area contributed by atoms with E-state index >= 15 is 0 Å². The van der Waals surface area contributed by atoms with Crippen molar-refractivity contribution in [2.45, 2.75) is 20.3 Å². The van der Waals surface area contributed by atoms with Crippen LogP contribution in [0.15, 0.2) is 24.3 Å². The van der Waals surface area contributed by atoms with Gasteiger partial charge in [-0.15, -0.1) is 0 Å². The lowest BCUT2D eigenvalue weighted by Gasteiger charge is -2.07. The largest absolute Gasteiger partial charge is 0.497 e. The van der Waals surface area contributed by atoms with Crippen LogP contribution >= 0.6 is 0 Å². The first-order chi connectivity index (χ1) is 6.69. The van der Waals surface area contributed by atoms with E-state index < -0.39 is 0 Å². The number of Topliss-reactive ketones (excluding diaryl/α,β-unsaturated/α-hetero) is 1. The Kier molecular flexibility index (Phi) is 3.69. The normalized spacial score (nSPS) is 12.2. The summed E-state index contributed by atoms with van der Waals surface area (Å²) in [5.41, 5.74) is 0.764. The second kappa shape index (κ2) is 4.80. The zero-order chi connectivity index (χ0) is 10.6. The molecule has 0 aliphatic rings. The average molecular weight is 192 g/mol. The molecular weight excluding hydrogens is 176 g/mol. The third kappa shape index (κ3) is 2.34. The third-order valence-electron chi connectivity index (χ3n) is 2.43. The highest BCUT2D eigenvalue weighted by molar-refractivity contribution is 5.97. The Hall–Kier alpha value is -1.31. The van der Waals surface area contributed by atoms with E-state index in [0.717, 1.165) is 17.7 Å². The quantitative estimate of drug-likeness (QED) is 0.685. The van der Waals surface area contributed by atoms with Gasteiger partial charge in [-0.25, -0.2) is 0 Å². The fraction of sp³-hybridized carbons (Fsp3) is 0.417. The van der Waals surface area contributed by atoms with E-state index in [1.807, 2.05) is 38.1 Å². The van der Waals surface area contributed by atoms with Gasteiger partial charge in [0.15, 0.2) is 5.78 Å². The molecule has 2 heteroatoms. The summed E-state index contributed by atoms with van der Waals surface area (Å²) in [5, 5.41) is 0. The minimum absolute atomic E-state index is 0.100. The van der Waals surface area contributed by atoms with Crippen LogP contribution in [0.25, 0.3) is 0 Å². The van der Waals surface area contributed by atoms with E-state index in [4.69, 9.17) is 4.74 Å². The lowest BCUT2D eigenvalue weighted by atomic mass is 9.97. The van der Waals surface area contributed by atoms with Crippen molar-refractivity contribution in [3.8, 4) is 5.75 Å². The molecule has 0 aromatic heterocycles. The lowest BCUT2D eigenvalue weighted by Crippen LogP contribution is -2.09. The van der Waals surface area contributed by atoms with Gasteiger partial charge in [-0.1, -0.05) is 13.8 Å². The first kappa shape index (κ1) is 10.8. The van der Waals surface area contributed by atoms with Crippen molar-refractivity contribution in [1.29, 1.82) is 0 Å². The van der Waals surface area contributed by atoms with Crippen LogP contribution in [0.5, 0.6) is 5.75 Å². The second-order valence-corrected chi connectivity index (χ2v) is 3.40. The Labute approximate surface area is 84.9 Å². The maximum Gasteiger partial charge on any atom is 0.165 e. The molecule has 0 aliphatic carbocycles. The summed E-state index contributed by atoms with van der Waals surface area (Å²) in [6.45, 7) is 3.97. The predicted molar refractivity (Wildman–Crippen MR) is 56.8 cm³/mol. The van der Waals surface area contributed by atoms with Gasteiger partial charge >= 0.3 is 0 Å². The highest BCUT2D eigenvalue weighted by Crippen LogP contribution is 2.15. The third-order valence-corrected chi connectivity index (χ3v) is 2.43. The van der Waals surface area contributed by atoms with Crippen LogP contribution in [0.2, 0.25) is 0 Å². The summed E-state index contributed by atoms with van der Waals surface area (Å²) in [5.74, 6) is 1.09. The van der Waals surface area contributed by atoms with Crippen LogP contribution in [-0.2, 0) is 0 Å². The first-order valence-electron chi connectivity index (χ1n) is 4.87. The molecule has 0 N–H and O–H groups in total. The molecule has 0 amide bonds. The number of hydrogen-bond acceptors (Lipinski definition) is 2. The molecule has 1 aromatic rings. The maximum absolute atomic E-state index is 11.7. The van der Waals surface area contributed by atoms with Gasteiger partial charge in [0.1, 0.15) is 5.75 Å². The first-order valence-corrected chi connectivity index (χ1v) is 4.87. The number of hydrogen-bond donors (Lipinski definition) is 0. The molecule has 14 heavy (non-hydrogen) atoms. The van der Waals surface area contributed by atoms with Gasteiger partial charge in [0, 0.05) is 11.5 Å².